The molecule has 0 unspecified atom stereocenters. The normalized spacial score (nSPS) is 12.5. The average Bonchev–Trinajstić information content (AvgIpc) is 2.52. The molecule has 0 saturated carbocycles. The maximum absolute atomic E-state index is 13.1. The molecule has 0 saturated heterocycles. The summed E-state index contributed by atoms with van der Waals surface area (Å²) >= 11 is 0. The number of hydrogen-bond donors (Lipinski definition) is 3. The number of carbonyl (C=O) groups is 1. The van der Waals surface area contributed by atoms with E-state index in [1.54, 1.807) is 0 Å². The molecule has 0 radical (unpaired) electrons. The Hall–Kier alpha value is -2.61. The number of hydrogen-bond acceptors (Lipinski definition) is 2. The van der Waals surface area contributed by atoms with Gasteiger partial charge in [-0.1, -0.05) is 24.3 Å². The van der Waals surface area contributed by atoms with Gasteiger partial charge in [-0.2, -0.15) is 13.2 Å². The van der Waals surface area contributed by atoms with E-state index < -0.39 is 35.4 Å². The number of anilines is 1. The van der Waals surface area contributed by atoms with Crippen molar-refractivity contribution in [3.05, 3.63) is 65.5 Å². The third-order valence-corrected chi connectivity index (χ3v) is 3.17. The maximum atomic E-state index is 13.1. The largest absolute Gasteiger partial charge is 0.418 e. The summed E-state index contributed by atoms with van der Waals surface area (Å²) in [5.74, 6) is -0.546. The van der Waals surface area contributed by atoms with Crippen molar-refractivity contribution in [1.82, 2.24) is 5.32 Å². The lowest BCUT2D eigenvalue weighted by Crippen LogP contribution is -2.33. The quantitative estimate of drug-likeness (QED) is 0.742. The van der Waals surface area contributed by atoms with Gasteiger partial charge < -0.3 is 15.7 Å². The molecule has 3 N–H and O–H groups in total. The predicted octanol–water partition coefficient (Wildman–Crippen LogP) is 3.70. The molecule has 0 heterocycles. The lowest BCUT2D eigenvalue weighted by molar-refractivity contribution is -0.136. The molecule has 2 rings (SSSR count). The number of aliphatic hydroxyl groups is 1. The fraction of sp³-hybridized carbons (Fsp3) is 0.188. The highest BCUT2D eigenvalue weighted by Gasteiger charge is 2.33. The molecule has 0 aromatic heterocycles. The van der Waals surface area contributed by atoms with Gasteiger partial charge in [0.1, 0.15) is 5.82 Å². The summed E-state index contributed by atoms with van der Waals surface area (Å²) < 4.78 is 51.5. The SMILES string of the molecule is O=C(NC[C@@H](O)c1cccc(F)c1)Nc1ccccc1C(F)(F)F. The molecule has 0 aliphatic rings. The molecule has 0 bridgehead atoms. The van der Waals surface area contributed by atoms with Gasteiger partial charge in [0.15, 0.2) is 0 Å². The summed E-state index contributed by atoms with van der Waals surface area (Å²) in [6.07, 6.45) is -5.80. The van der Waals surface area contributed by atoms with Crippen LogP contribution in [0.2, 0.25) is 0 Å². The van der Waals surface area contributed by atoms with Crippen molar-refractivity contribution in [2.75, 3.05) is 11.9 Å². The van der Waals surface area contributed by atoms with Crippen molar-refractivity contribution in [2.24, 2.45) is 0 Å². The Bertz CT molecular complexity index is 719. The van der Waals surface area contributed by atoms with Gasteiger partial charge in [0, 0.05) is 6.54 Å². The van der Waals surface area contributed by atoms with E-state index in [1.807, 2.05) is 0 Å². The van der Waals surface area contributed by atoms with Gasteiger partial charge in [0.05, 0.1) is 17.4 Å². The van der Waals surface area contributed by atoms with Gasteiger partial charge in [-0.15, -0.1) is 0 Å². The smallest absolute Gasteiger partial charge is 0.387 e. The van der Waals surface area contributed by atoms with E-state index in [9.17, 15) is 27.5 Å². The second-order valence-electron chi connectivity index (χ2n) is 4.95. The zero-order chi connectivity index (χ0) is 17.7. The van der Waals surface area contributed by atoms with Crippen LogP contribution in [0.25, 0.3) is 0 Å². The lowest BCUT2D eigenvalue weighted by Gasteiger charge is -2.15. The molecule has 24 heavy (non-hydrogen) atoms. The molecule has 2 aromatic rings. The van der Waals surface area contributed by atoms with Gasteiger partial charge in [-0.25, -0.2) is 9.18 Å². The Balaban J connectivity index is 1.97. The van der Waals surface area contributed by atoms with Crippen LogP contribution in [0.15, 0.2) is 48.5 Å². The van der Waals surface area contributed by atoms with E-state index in [1.165, 1.54) is 30.3 Å². The van der Waals surface area contributed by atoms with Crippen molar-refractivity contribution in [2.45, 2.75) is 12.3 Å². The monoisotopic (exact) mass is 342 g/mol. The van der Waals surface area contributed by atoms with E-state index in [-0.39, 0.29) is 12.1 Å². The van der Waals surface area contributed by atoms with E-state index in [2.05, 4.69) is 10.6 Å². The summed E-state index contributed by atoms with van der Waals surface area (Å²) in [7, 11) is 0. The van der Waals surface area contributed by atoms with Gasteiger partial charge in [0.2, 0.25) is 0 Å². The number of rotatable bonds is 4. The third-order valence-electron chi connectivity index (χ3n) is 3.17. The summed E-state index contributed by atoms with van der Waals surface area (Å²) in [6.45, 7) is -0.288. The van der Waals surface area contributed by atoms with Crippen LogP contribution in [0.1, 0.15) is 17.2 Å². The van der Waals surface area contributed by atoms with E-state index >= 15 is 0 Å². The van der Waals surface area contributed by atoms with Crippen LogP contribution in [0.3, 0.4) is 0 Å². The van der Waals surface area contributed by atoms with Crippen LogP contribution in [0, 0.1) is 5.82 Å². The Morgan fingerprint density at radius 1 is 1.12 bits per heavy atom. The molecule has 1 atom stereocenters. The Morgan fingerprint density at radius 3 is 2.50 bits per heavy atom. The first-order chi connectivity index (χ1) is 11.3. The second-order valence-corrected chi connectivity index (χ2v) is 4.95. The number of alkyl halides is 3. The topological polar surface area (TPSA) is 61.4 Å². The average molecular weight is 342 g/mol. The fourth-order valence-electron chi connectivity index (χ4n) is 2.03. The number of carbonyl (C=O) groups excluding carboxylic acids is 1. The Morgan fingerprint density at radius 2 is 1.83 bits per heavy atom. The molecular weight excluding hydrogens is 328 g/mol. The van der Waals surface area contributed by atoms with Crippen LogP contribution in [-0.4, -0.2) is 17.7 Å². The van der Waals surface area contributed by atoms with Crippen molar-refractivity contribution in [3.63, 3.8) is 0 Å². The van der Waals surface area contributed by atoms with Crippen molar-refractivity contribution in [3.8, 4) is 0 Å². The third kappa shape index (κ3) is 4.69. The number of aliphatic hydroxyl groups excluding tert-OH is 1. The lowest BCUT2D eigenvalue weighted by atomic mass is 10.1. The summed E-state index contributed by atoms with van der Waals surface area (Å²) in [5, 5.41) is 14.2. The van der Waals surface area contributed by atoms with Crippen molar-refractivity contribution >= 4 is 11.7 Å². The number of amides is 2. The van der Waals surface area contributed by atoms with Crippen LogP contribution < -0.4 is 10.6 Å². The number of halogens is 4. The number of urea groups is 1. The molecular formula is C16H14F4N2O2. The number of para-hydroxylation sites is 1. The molecule has 0 aliphatic carbocycles. The highest BCUT2D eigenvalue weighted by atomic mass is 19.4. The van der Waals surface area contributed by atoms with Crippen molar-refractivity contribution in [1.29, 1.82) is 0 Å². The van der Waals surface area contributed by atoms with Crippen LogP contribution >= 0.6 is 0 Å². The van der Waals surface area contributed by atoms with E-state index in [0.29, 0.717) is 0 Å². The molecule has 8 heteroatoms. The molecule has 2 amide bonds. The van der Waals surface area contributed by atoms with Gasteiger partial charge >= 0.3 is 12.2 Å². The minimum atomic E-state index is -4.61. The summed E-state index contributed by atoms with van der Waals surface area (Å²) in [5.41, 5.74) is -1.14. The van der Waals surface area contributed by atoms with Gasteiger partial charge in [0.25, 0.3) is 0 Å². The first-order valence-electron chi connectivity index (χ1n) is 6.92. The first-order valence-corrected chi connectivity index (χ1v) is 6.92. The first kappa shape index (κ1) is 17.7. The zero-order valence-corrected chi connectivity index (χ0v) is 12.3. The van der Waals surface area contributed by atoms with Crippen molar-refractivity contribution < 1.29 is 27.5 Å². The standard InChI is InChI=1S/C16H14F4N2O2/c17-11-5-3-4-10(8-11)14(23)9-21-15(24)22-13-7-2-1-6-12(13)16(18,19)20/h1-8,14,23H,9H2,(H2,21,22,24)/t14-/m1/s1. The molecule has 128 valence electrons. The molecule has 0 fully saturated rings. The molecule has 0 aliphatic heterocycles. The van der Waals surface area contributed by atoms with E-state index in [0.717, 1.165) is 18.2 Å². The minimum Gasteiger partial charge on any atom is -0.387 e. The summed E-state index contributed by atoms with van der Waals surface area (Å²) in [4.78, 5) is 11.7. The number of nitrogens with one attached hydrogen (secondary N) is 2. The van der Waals surface area contributed by atoms with Crippen LogP contribution in [0.4, 0.5) is 28.0 Å². The second kappa shape index (κ2) is 7.31. The maximum Gasteiger partial charge on any atom is 0.418 e. The number of benzene rings is 2. The van der Waals surface area contributed by atoms with Gasteiger partial charge in [-0.3, -0.25) is 0 Å². The van der Waals surface area contributed by atoms with Crippen LogP contribution in [0.5, 0.6) is 0 Å². The highest BCUT2D eigenvalue weighted by molar-refractivity contribution is 5.90. The van der Waals surface area contributed by atoms with E-state index in [4.69, 9.17) is 0 Å². The molecule has 0 spiro atoms. The minimum absolute atomic E-state index is 0.242. The zero-order valence-electron chi connectivity index (χ0n) is 12.3. The highest BCUT2D eigenvalue weighted by Crippen LogP contribution is 2.34. The summed E-state index contributed by atoms with van der Waals surface area (Å²) in [6, 6.07) is 8.77. The Labute approximate surface area is 135 Å². The molecule has 4 nitrogen and oxygen atoms in total. The molecule has 2 aromatic carbocycles. The Kier molecular flexibility index (Phi) is 5.40. The fourth-order valence-corrected chi connectivity index (χ4v) is 2.03. The van der Waals surface area contributed by atoms with Crippen LogP contribution in [-0.2, 0) is 6.18 Å². The predicted molar refractivity (Wildman–Crippen MR) is 79.8 cm³/mol. The van der Waals surface area contributed by atoms with Gasteiger partial charge in [-0.05, 0) is 29.8 Å².